The third kappa shape index (κ3) is 9.93. The molecule has 1 aromatic heterocycles. The first kappa shape index (κ1) is 32.2. The Morgan fingerprint density at radius 2 is 1.73 bits per heavy atom. The molecule has 2 atom stereocenters. The SMILES string of the molecule is CC(C)(C)OC(=O)N1CCCCC1c1cc(-c2cccc(Cl)c2)on1.CC(C)(C)OC(=O)N1CCOCC1/C=N\O. The van der Waals surface area contributed by atoms with Crippen LogP contribution in [-0.2, 0) is 14.2 Å². The predicted molar refractivity (Wildman–Crippen MR) is 154 cm³/mol. The van der Waals surface area contributed by atoms with Gasteiger partial charge in [0.1, 0.15) is 16.9 Å². The van der Waals surface area contributed by atoms with E-state index in [1.165, 1.54) is 11.1 Å². The van der Waals surface area contributed by atoms with Gasteiger partial charge in [-0.05, 0) is 72.9 Å². The number of morpholine rings is 1. The lowest BCUT2D eigenvalue weighted by atomic mass is 9.99. The highest BCUT2D eigenvalue weighted by atomic mass is 35.5. The van der Waals surface area contributed by atoms with Gasteiger partial charge in [-0.1, -0.05) is 34.0 Å². The van der Waals surface area contributed by atoms with Gasteiger partial charge in [-0.2, -0.15) is 0 Å². The van der Waals surface area contributed by atoms with Gasteiger partial charge in [0.15, 0.2) is 5.76 Å². The zero-order valence-electron chi connectivity index (χ0n) is 24.6. The number of carbonyl (C=O) groups excluding carboxylic acids is 2. The van der Waals surface area contributed by atoms with Gasteiger partial charge in [-0.3, -0.25) is 9.80 Å². The Hall–Kier alpha value is -3.31. The third-order valence-electron chi connectivity index (χ3n) is 6.14. The molecule has 2 unspecified atom stereocenters. The topological polar surface area (TPSA) is 127 Å². The molecule has 0 spiro atoms. The number of hydrogen-bond acceptors (Lipinski definition) is 9. The highest BCUT2D eigenvalue weighted by Gasteiger charge is 2.33. The van der Waals surface area contributed by atoms with Crippen molar-refractivity contribution in [3.8, 4) is 11.3 Å². The van der Waals surface area contributed by atoms with Crippen molar-refractivity contribution in [2.24, 2.45) is 5.16 Å². The third-order valence-corrected chi connectivity index (χ3v) is 6.38. The molecule has 2 aliphatic heterocycles. The van der Waals surface area contributed by atoms with Crippen LogP contribution < -0.4 is 0 Å². The van der Waals surface area contributed by atoms with Crippen molar-refractivity contribution in [1.82, 2.24) is 15.0 Å². The average molecular weight is 593 g/mol. The van der Waals surface area contributed by atoms with Gasteiger partial charge >= 0.3 is 12.2 Å². The second kappa shape index (κ2) is 14.0. The normalized spacial score (nSPS) is 19.9. The summed E-state index contributed by atoms with van der Waals surface area (Å²) in [6.45, 7) is 12.9. The summed E-state index contributed by atoms with van der Waals surface area (Å²) in [7, 11) is 0. The van der Waals surface area contributed by atoms with Crippen LogP contribution in [0.15, 0.2) is 40.0 Å². The summed E-state index contributed by atoms with van der Waals surface area (Å²) in [5, 5.41) is 16.3. The highest BCUT2D eigenvalue weighted by molar-refractivity contribution is 6.30. The minimum absolute atomic E-state index is 0.125. The lowest BCUT2D eigenvalue weighted by Crippen LogP contribution is -2.51. The molecule has 0 bridgehead atoms. The summed E-state index contributed by atoms with van der Waals surface area (Å²) >= 11 is 6.04. The molecule has 2 aliphatic rings. The van der Waals surface area contributed by atoms with Crippen molar-refractivity contribution in [2.75, 3.05) is 26.3 Å². The molecule has 1 aromatic carbocycles. The van der Waals surface area contributed by atoms with E-state index in [1.54, 1.807) is 25.7 Å². The van der Waals surface area contributed by atoms with Gasteiger partial charge in [0.25, 0.3) is 0 Å². The molecule has 2 saturated heterocycles. The van der Waals surface area contributed by atoms with Crippen molar-refractivity contribution < 1.29 is 33.5 Å². The molecule has 1 N–H and O–H groups in total. The fraction of sp³-hybridized carbons (Fsp3) is 0.586. The number of piperidine rings is 1. The molecule has 2 aromatic rings. The molecule has 12 heteroatoms. The van der Waals surface area contributed by atoms with Crippen molar-refractivity contribution in [1.29, 1.82) is 0 Å². The van der Waals surface area contributed by atoms with Gasteiger partial charge in [0.2, 0.25) is 0 Å². The molecule has 2 amide bonds. The number of ether oxygens (including phenoxy) is 3. The van der Waals surface area contributed by atoms with E-state index in [0.717, 1.165) is 30.5 Å². The first-order valence-corrected chi connectivity index (χ1v) is 14.1. The first-order valence-electron chi connectivity index (χ1n) is 13.7. The maximum absolute atomic E-state index is 12.5. The number of oxime groups is 1. The number of aromatic nitrogens is 1. The van der Waals surface area contributed by atoms with Crippen LogP contribution in [0.5, 0.6) is 0 Å². The molecule has 0 radical (unpaired) electrons. The second-order valence-electron chi connectivity index (χ2n) is 11.9. The summed E-state index contributed by atoms with van der Waals surface area (Å²) in [6, 6.07) is 8.83. The Morgan fingerprint density at radius 1 is 1.05 bits per heavy atom. The van der Waals surface area contributed by atoms with Crippen LogP contribution in [-0.4, -0.2) is 82.1 Å². The lowest BCUT2D eigenvalue weighted by molar-refractivity contribution is -0.0173. The summed E-state index contributed by atoms with van der Waals surface area (Å²) in [5.41, 5.74) is 0.567. The average Bonchev–Trinajstić information content (AvgIpc) is 3.38. The standard InChI is InChI=1S/C19H23ClN2O3.C10H18N2O4/c1-19(2,3)24-18(23)22-10-5-4-9-16(22)15-12-17(25-21-15)13-7-6-8-14(20)11-13;1-10(2,3)16-9(13)12-4-5-15-7-8(12)6-11-14/h6-8,11-12,16H,4-5,9-10H2,1-3H3;6,8,14H,4-5,7H2,1-3H3/b;11-6-. The molecule has 2 fully saturated rings. The van der Waals surface area contributed by atoms with Crippen LogP contribution in [0.3, 0.4) is 0 Å². The van der Waals surface area contributed by atoms with Crippen LogP contribution in [0.2, 0.25) is 5.02 Å². The Bertz CT molecular complexity index is 1190. The van der Waals surface area contributed by atoms with E-state index < -0.39 is 17.3 Å². The van der Waals surface area contributed by atoms with Crippen LogP contribution in [0, 0.1) is 0 Å². The smallest absolute Gasteiger partial charge is 0.410 e. The quantitative estimate of drug-likeness (QED) is 0.242. The van der Waals surface area contributed by atoms with Crippen molar-refractivity contribution in [3.05, 3.63) is 41.0 Å². The van der Waals surface area contributed by atoms with Crippen LogP contribution in [0.1, 0.15) is 72.5 Å². The van der Waals surface area contributed by atoms with Gasteiger partial charge in [-0.15, -0.1) is 0 Å². The Labute approximate surface area is 246 Å². The minimum atomic E-state index is -0.531. The molecule has 226 valence electrons. The number of nitrogens with zero attached hydrogens (tertiary/aromatic N) is 4. The Balaban J connectivity index is 0.000000250. The molecule has 0 saturated carbocycles. The summed E-state index contributed by atoms with van der Waals surface area (Å²) < 4.78 is 21.5. The highest BCUT2D eigenvalue weighted by Crippen LogP contribution is 2.34. The molecule has 4 rings (SSSR count). The lowest BCUT2D eigenvalue weighted by Gasteiger charge is -2.35. The molecule has 3 heterocycles. The van der Waals surface area contributed by atoms with Gasteiger partial charge < -0.3 is 23.9 Å². The maximum atomic E-state index is 12.5. The number of carbonyl (C=O) groups is 2. The van der Waals surface area contributed by atoms with Crippen LogP contribution in [0.25, 0.3) is 11.3 Å². The summed E-state index contributed by atoms with van der Waals surface area (Å²) in [5.74, 6) is 0.646. The van der Waals surface area contributed by atoms with Crippen molar-refractivity contribution in [3.63, 3.8) is 0 Å². The van der Waals surface area contributed by atoms with Gasteiger partial charge in [0, 0.05) is 29.7 Å². The zero-order valence-corrected chi connectivity index (χ0v) is 25.4. The maximum Gasteiger partial charge on any atom is 0.410 e. The first-order chi connectivity index (χ1) is 19.3. The fourth-order valence-electron chi connectivity index (χ4n) is 4.37. The number of benzene rings is 1. The van der Waals surface area contributed by atoms with E-state index >= 15 is 0 Å². The molecule has 11 nitrogen and oxygen atoms in total. The van der Waals surface area contributed by atoms with Crippen molar-refractivity contribution in [2.45, 2.75) is 84.1 Å². The van der Waals surface area contributed by atoms with Crippen LogP contribution >= 0.6 is 11.6 Å². The fourth-order valence-corrected chi connectivity index (χ4v) is 4.56. The zero-order chi connectivity index (χ0) is 30.2. The van der Waals surface area contributed by atoms with Crippen molar-refractivity contribution >= 4 is 30.0 Å². The molecular formula is C29H41ClN4O7. The van der Waals surface area contributed by atoms with E-state index in [0.29, 0.717) is 37.1 Å². The number of halogens is 1. The molecule has 0 aliphatic carbocycles. The largest absolute Gasteiger partial charge is 0.444 e. The van der Waals surface area contributed by atoms with E-state index in [9.17, 15) is 9.59 Å². The Kier molecular flexibility index (Phi) is 11.0. The Morgan fingerprint density at radius 3 is 2.37 bits per heavy atom. The summed E-state index contributed by atoms with van der Waals surface area (Å²) in [4.78, 5) is 27.6. The van der Waals surface area contributed by atoms with Gasteiger partial charge in [0.05, 0.1) is 31.5 Å². The van der Waals surface area contributed by atoms with E-state index in [4.69, 9.17) is 35.5 Å². The minimum Gasteiger partial charge on any atom is -0.444 e. The van der Waals surface area contributed by atoms with Crippen LogP contribution in [0.4, 0.5) is 9.59 Å². The summed E-state index contributed by atoms with van der Waals surface area (Å²) in [6.07, 6.45) is 3.41. The molecule has 41 heavy (non-hydrogen) atoms. The van der Waals surface area contributed by atoms with E-state index in [1.807, 2.05) is 51.1 Å². The van der Waals surface area contributed by atoms with Gasteiger partial charge in [-0.25, -0.2) is 9.59 Å². The molecular weight excluding hydrogens is 552 g/mol. The predicted octanol–water partition coefficient (Wildman–Crippen LogP) is 6.54. The van der Waals surface area contributed by atoms with E-state index in [-0.39, 0.29) is 18.2 Å². The number of likely N-dealkylation sites (tertiary alicyclic amines) is 1. The van der Waals surface area contributed by atoms with E-state index in [2.05, 4.69) is 10.3 Å². The number of hydrogen-bond donors (Lipinski definition) is 1. The number of rotatable bonds is 3. The monoisotopic (exact) mass is 592 g/mol. The second-order valence-corrected chi connectivity index (χ2v) is 12.3. The number of amides is 2.